The van der Waals surface area contributed by atoms with Crippen LogP contribution in [0.15, 0.2) is 28.7 Å². The zero-order chi connectivity index (χ0) is 12.1. The van der Waals surface area contributed by atoms with Crippen LogP contribution in [0.4, 0.5) is 0 Å². The molecule has 2 rings (SSSR count). The zero-order valence-corrected chi connectivity index (χ0v) is 11.5. The van der Waals surface area contributed by atoms with E-state index in [4.69, 9.17) is 0 Å². The van der Waals surface area contributed by atoms with Gasteiger partial charge in [-0.05, 0) is 24.6 Å². The second-order valence-electron chi connectivity index (χ2n) is 4.36. The van der Waals surface area contributed by atoms with Crippen LogP contribution in [0.2, 0.25) is 0 Å². The average molecular weight is 299 g/mol. The largest absolute Gasteiger partial charge is 0.394 e. The Morgan fingerprint density at radius 2 is 2.12 bits per heavy atom. The summed E-state index contributed by atoms with van der Waals surface area (Å²) in [6, 6.07) is 8.26. The van der Waals surface area contributed by atoms with Crippen LogP contribution < -0.4 is 5.32 Å². The molecule has 0 aromatic heterocycles. The predicted molar refractivity (Wildman–Crippen MR) is 73.0 cm³/mol. The summed E-state index contributed by atoms with van der Waals surface area (Å²) < 4.78 is 1.08. The quantitative estimate of drug-likeness (QED) is 0.893. The maximum atomic E-state index is 9.67. The number of halogens is 1. The van der Waals surface area contributed by atoms with Gasteiger partial charge in [0.25, 0.3) is 0 Å². The maximum absolute atomic E-state index is 9.67. The van der Waals surface area contributed by atoms with Crippen molar-refractivity contribution in [3.63, 3.8) is 0 Å². The molecular formula is C13H19BrN2O. The van der Waals surface area contributed by atoms with Crippen LogP contribution in [0.3, 0.4) is 0 Å². The lowest BCUT2D eigenvalue weighted by molar-refractivity contribution is 0.129. The third kappa shape index (κ3) is 3.28. The number of nitrogens with one attached hydrogen (secondary N) is 1. The Kier molecular flexibility index (Phi) is 4.98. The average Bonchev–Trinajstić information content (AvgIpc) is 2.62. The summed E-state index contributed by atoms with van der Waals surface area (Å²) in [5, 5.41) is 13.1. The molecule has 1 aliphatic rings. The summed E-state index contributed by atoms with van der Waals surface area (Å²) in [5.41, 5.74) is 1.18. The van der Waals surface area contributed by atoms with E-state index in [-0.39, 0.29) is 12.6 Å². The monoisotopic (exact) mass is 298 g/mol. The molecule has 94 valence electrons. The van der Waals surface area contributed by atoms with E-state index < -0.39 is 0 Å². The molecule has 3 nitrogen and oxygen atoms in total. The Balaban J connectivity index is 2.17. The van der Waals surface area contributed by atoms with E-state index in [1.165, 1.54) is 5.56 Å². The SMILES string of the molecule is OCC(c1ccccc1Br)N1CCCNCC1. The fourth-order valence-corrected chi connectivity index (χ4v) is 2.88. The molecule has 1 unspecified atom stereocenters. The summed E-state index contributed by atoms with van der Waals surface area (Å²) >= 11 is 3.57. The Labute approximate surface area is 111 Å². The molecule has 0 saturated carbocycles. The van der Waals surface area contributed by atoms with Crippen molar-refractivity contribution >= 4 is 15.9 Å². The molecule has 0 amide bonds. The second-order valence-corrected chi connectivity index (χ2v) is 5.21. The van der Waals surface area contributed by atoms with Crippen molar-refractivity contribution < 1.29 is 5.11 Å². The highest BCUT2D eigenvalue weighted by molar-refractivity contribution is 9.10. The van der Waals surface area contributed by atoms with Gasteiger partial charge in [-0.3, -0.25) is 4.90 Å². The van der Waals surface area contributed by atoms with Gasteiger partial charge in [-0.15, -0.1) is 0 Å². The lowest BCUT2D eigenvalue weighted by Crippen LogP contribution is -2.34. The molecule has 1 fully saturated rings. The van der Waals surface area contributed by atoms with Gasteiger partial charge in [-0.25, -0.2) is 0 Å². The third-order valence-corrected chi connectivity index (χ3v) is 3.97. The van der Waals surface area contributed by atoms with E-state index in [9.17, 15) is 5.11 Å². The van der Waals surface area contributed by atoms with Crippen molar-refractivity contribution in [2.75, 3.05) is 32.8 Å². The molecule has 1 saturated heterocycles. The summed E-state index contributed by atoms with van der Waals surface area (Å²) in [6.07, 6.45) is 1.14. The van der Waals surface area contributed by atoms with Gasteiger partial charge in [0.2, 0.25) is 0 Å². The molecule has 0 radical (unpaired) electrons. The zero-order valence-electron chi connectivity index (χ0n) is 9.90. The Morgan fingerprint density at radius 1 is 1.29 bits per heavy atom. The number of nitrogens with zero attached hydrogens (tertiary/aromatic N) is 1. The van der Waals surface area contributed by atoms with Crippen molar-refractivity contribution in [2.45, 2.75) is 12.5 Å². The maximum Gasteiger partial charge on any atom is 0.0629 e. The van der Waals surface area contributed by atoms with Gasteiger partial charge in [-0.2, -0.15) is 0 Å². The molecule has 1 heterocycles. The lowest BCUT2D eigenvalue weighted by atomic mass is 10.1. The number of benzene rings is 1. The third-order valence-electron chi connectivity index (χ3n) is 3.25. The fourth-order valence-electron chi connectivity index (χ4n) is 2.33. The van der Waals surface area contributed by atoms with Crippen molar-refractivity contribution in [3.05, 3.63) is 34.3 Å². The van der Waals surface area contributed by atoms with Gasteiger partial charge in [0.15, 0.2) is 0 Å². The standard InChI is InChI=1S/C13H19BrN2O/c14-12-5-2-1-4-11(12)13(10-17)16-8-3-6-15-7-9-16/h1-2,4-5,13,15,17H,3,6-10H2. The normalized spacial score (nSPS) is 19.9. The molecule has 1 aliphatic heterocycles. The van der Waals surface area contributed by atoms with E-state index in [0.29, 0.717) is 0 Å². The van der Waals surface area contributed by atoms with E-state index >= 15 is 0 Å². The first-order valence-electron chi connectivity index (χ1n) is 6.13. The van der Waals surface area contributed by atoms with Gasteiger partial charge in [0, 0.05) is 24.1 Å². The van der Waals surface area contributed by atoms with Crippen LogP contribution in [0.1, 0.15) is 18.0 Å². The van der Waals surface area contributed by atoms with Gasteiger partial charge >= 0.3 is 0 Å². The molecule has 1 atom stereocenters. The van der Waals surface area contributed by atoms with Crippen LogP contribution in [-0.2, 0) is 0 Å². The Bertz CT molecular complexity index is 351. The van der Waals surface area contributed by atoms with Crippen LogP contribution in [0, 0.1) is 0 Å². The highest BCUT2D eigenvalue weighted by Gasteiger charge is 2.21. The minimum Gasteiger partial charge on any atom is -0.394 e. The van der Waals surface area contributed by atoms with Gasteiger partial charge in [0.05, 0.1) is 12.6 Å². The number of rotatable bonds is 3. The van der Waals surface area contributed by atoms with Crippen molar-refractivity contribution in [3.8, 4) is 0 Å². The van der Waals surface area contributed by atoms with Crippen LogP contribution in [-0.4, -0.2) is 42.8 Å². The number of hydrogen-bond donors (Lipinski definition) is 2. The molecule has 0 aliphatic carbocycles. The molecule has 0 bridgehead atoms. The number of hydrogen-bond acceptors (Lipinski definition) is 3. The first-order valence-corrected chi connectivity index (χ1v) is 6.92. The molecule has 1 aromatic carbocycles. The van der Waals surface area contributed by atoms with Crippen LogP contribution in [0.25, 0.3) is 0 Å². The topological polar surface area (TPSA) is 35.5 Å². The summed E-state index contributed by atoms with van der Waals surface area (Å²) in [4.78, 5) is 2.36. The lowest BCUT2D eigenvalue weighted by Gasteiger charge is -2.29. The molecule has 1 aromatic rings. The molecular weight excluding hydrogens is 280 g/mol. The van der Waals surface area contributed by atoms with Gasteiger partial charge in [-0.1, -0.05) is 34.1 Å². The minimum atomic E-state index is 0.102. The fraction of sp³-hybridized carbons (Fsp3) is 0.538. The molecule has 4 heteroatoms. The summed E-state index contributed by atoms with van der Waals surface area (Å²) in [7, 11) is 0. The summed E-state index contributed by atoms with van der Waals surface area (Å²) in [5.74, 6) is 0. The highest BCUT2D eigenvalue weighted by Crippen LogP contribution is 2.27. The van der Waals surface area contributed by atoms with E-state index in [1.54, 1.807) is 0 Å². The van der Waals surface area contributed by atoms with Crippen LogP contribution in [0.5, 0.6) is 0 Å². The van der Waals surface area contributed by atoms with Crippen LogP contribution >= 0.6 is 15.9 Å². The Hall–Kier alpha value is -0.420. The molecule has 17 heavy (non-hydrogen) atoms. The summed E-state index contributed by atoms with van der Waals surface area (Å²) in [6.45, 7) is 4.28. The van der Waals surface area contributed by atoms with Crippen molar-refractivity contribution in [1.29, 1.82) is 0 Å². The first kappa shape index (κ1) is 13.0. The minimum absolute atomic E-state index is 0.102. The molecule has 0 spiro atoms. The van der Waals surface area contributed by atoms with E-state index in [2.05, 4.69) is 32.2 Å². The second kappa shape index (κ2) is 6.50. The highest BCUT2D eigenvalue weighted by atomic mass is 79.9. The van der Waals surface area contributed by atoms with E-state index in [1.807, 2.05) is 18.2 Å². The van der Waals surface area contributed by atoms with E-state index in [0.717, 1.165) is 37.1 Å². The first-order chi connectivity index (χ1) is 8.33. The van der Waals surface area contributed by atoms with Crippen molar-refractivity contribution in [1.82, 2.24) is 10.2 Å². The smallest absolute Gasteiger partial charge is 0.0629 e. The van der Waals surface area contributed by atoms with Gasteiger partial charge < -0.3 is 10.4 Å². The molecule has 2 N–H and O–H groups in total. The van der Waals surface area contributed by atoms with Crippen molar-refractivity contribution in [2.24, 2.45) is 0 Å². The number of aliphatic hydroxyl groups excluding tert-OH is 1. The number of aliphatic hydroxyl groups is 1. The Morgan fingerprint density at radius 3 is 2.88 bits per heavy atom. The van der Waals surface area contributed by atoms with Gasteiger partial charge in [0.1, 0.15) is 0 Å². The predicted octanol–water partition coefficient (Wildman–Crippen LogP) is 1.78.